The molecule has 2 heteroatoms. The first-order chi connectivity index (χ1) is 9.56. The highest BCUT2D eigenvalue weighted by atomic mass is 19.3. The van der Waals surface area contributed by atoms with E-state index in [4.69, 9.17) is 0 Å². The molecule has 0 saturated heterocycles. The summed E-state index contributed by atoms with van der Waals surface area (Å²) in [5, 5.41) is 0. The molecule has 1 aromatic rings. The van der Waals surface area contributed by atoms with Crippen molar-refractivity contribution >= 4 is 0 Å². The van der Waals surface area contributed by atoms with E-state index in [1.165, 1.54) is 5.56 Å². The summed E-state index contributed by atoms with van der Waals surface area (Å²) in [7, 11) is 0. The van der Waals surface area contributed by atoms with Gasteiger partial charge in [-0.2, -0.15) is 0 Å². The Morgan fingerprint density at radius 3 is 2.30 bits per heavy atom. The van der Waals surface area contributed by atoms with Gasteiger partial charge in [-0.05, 0) is 36.3 Å². The molecule has 1 aromatic carbocycles. The van der Waals surface area contributed by atoms with Gasteiger partial charge in [-0.15, -0.1) is 0 Å². The van der Waals surface area contributed by atoms with E-state index in [1.54, 1.807) is 0 Å². The Hall–Kier alpha value is -0.920. The predicted octanol–water partition coefficient (Wildman–Crippen LogP) is 5.96. The Balaban J connectivity index is 2.08. The molecule has 0 aliphatic heterocycles. The molecule has 0 aromatic heterocycles. The lowest BCUT2D eigenvalue weighted by Crippen LogP contribution is -2.34. The van der Waals surface area contributed by atoms with Gasteiger partial charge in [0, 0.05) is 12.3 Å². The van der Waals surface area contributed by atoms with Crippen LogP contribution in [0.1, 0.15) is 69.4 Å². The Kier molecular flexibility index (Phi) is 5.17. The molecule has 1 fully saturated rings. The molecule has 1 saturated carbocycles. The largest absolute Gasteiger partial charge is 0.255 e. The average molecular weight is 280 g/mol. The molecule has 1 aliphatic rings. The van der Waals surface area contributed by atoms with Crippen LogP contribution in [0.4, 0.5) is 8.78 Å². The lowest BCUT2D eigenvalue weighted by atomic mass is 9.74. The third-order valence-corrected chi connectivity index (χ3v) is 4.55. The van der Waals surface area contributed by atoms with Crippen LogP contribution >= 0.6 is 0 Å². The first-order valence-electron chi connectivity index (χ1n) is 8.03. The number of hydrogen-bond donors (Lipinski definition) is 0. The second kappa shape index (κ2) is 6.69. The first kappa shape index (κ1) is 15.5. The lowest BCUT2D eigenvalue weighted by Gasteiger charge is -2.36. The summed E-state index contributed by atoms with van der Waals surface area (Å²) >= 11 is 0. The van der Waals surface area contributed by atoms with Crippen molar-refractivity contribution in [1.82, 2.24) is 0 Å². The number of halogens is 2. The zero-order valence-corrected chi connectivity index (χ0v) is 12.7. The fourth-order valence-corrected chi connectivity index (χ4v) is 3.51. The summed E-state index contributed by atoms with van der Waals surface area (Å²) in [5.41, 5.74) is 2.07. The van der Waals surface area contributed by atoms with Crippen molar-refractivity contribution < 1.29 is 8.78 Å². The van der Waals surface area contributed by atoms with Gasteiger partial charge in [0.25, 0.3) is 5.92 Å². The molecule has 0 spiro atoms. The maximum absolute atomic E-state index is 14.4. The smallest absolute Gasteiger partial charge is 0.206 e. The Morgan fingerprint density at radius 2 is 1.75 bits per heavy atom. The highest BCUT2D eigenvalue weighted by molar-refractivity contribution is 5.27. The molecule has 0 N–H and O–H groups in total. The summed E-state index contributed by atoms with van der Waals surface area (Å²) in [4.78, 5) is 0. The normalized spacial score (nSPS) is 25.6. The van der Waals surface area contributed by atoms with E-state index in [0.717, 1.165) is 37.7 Å². The Morgan fingerprint density at radius 1 is 1.05 bits per heavy atom. The van der Waals surface area contributed by atoms with Gasteiger partial charge in [-0.25, -0.2) is 8.78 Å². The highest BCUT2D eigenvalue weighted by Gasteiger charge is 2.45. The monoisotopic (exact) mass is 280 g/mol. The van der Waals surface area contributed by atoms with Crippen LogP contribution in [0.2, 0.25) is 0 Å². The van der Waals surface area contributed by atoms with E-state index in [0.29, 0.717) is 6.42 Å². The summed E-state index contributed by atoms with van der Waals surface area (Å²) in [6.45, 7) is 4.22. The van der Waals surface area contributed by atoms with E-state index in [1.807, 2.05) is 24.3 Å². The van der Waals surface area contributed by atoms with Crippen LogP contribution in [0, 0.1) is 5.92 Å². The maximum atomic E-state index is 14.4. The topological polar surface area (TPSA) is 0 Å². The van der Waals surface area contributed by atoms with Crippen molar-refractivity contribution in [3.63, 3.8) is 0 Å². The summed E-state index contributed by atoms with van der Waals surface area (Å²) in [6, 6.07) is 7.88. The predicted molar refractivity (Wildman–Crippen MR) is 80.4 cm³/mol. The summed E-state index contributed by atoms with van der Waals surface area (Å²) in [6.07, 6.45) is 5.73. The van der Waals surface area contributed by atoms with Crippen LogP contribution in [-0.4, -0.2) is 5.92 Å². The third kappa shape index (κ3) is 3.59. The van der Waals surface area contributed by atoms with E-state index >= 15 is 0 Å². The van der Waals surface area contributed by atoms with Crippen molar-refractivity contribution in [3.8, 4) is 0 Å². The molecule has 1 aliphatic carbocycles. The molecule has 2 atom stereocenters. The van der Waals surface area contributed by atoms with E-state index in [9.17, 15) is 8.78 Å². The van der Waals surface area contributed by atoms with Gasteiger partial charge in [-0.3, -0.25) is 0 Å². The lowest BCUT2D eigenvalue weighted by molar-refractivity contribution is -0.0735. The first-order valence-corrected chi connectivity index (χ1v) is 8.03. The quantitative estimate of drug-likeness (QED) is 0.624. The molecule has 0 amide bonds. The number of alkyl halides is 2. The third-order valence-electron chi connectivity index (χ3n) is 4.55. The van der Waals surface area contributed by atoms with Gasteiger partial charge < -0.3 is 0 Å². The zero-order valence-electron chi connectivity index (χ0n) is 12.7. The SMILES string of the molecule is CCCc1ccc([C@H]2CC[C@H](CCC)CC2(F)F)cc1. The van der Waals surface area contributed by atoms with Crippen LogP contribution in [0.25, 0.3) is 0 Å². The molecular formula is C18H26F2. The van der Waals surface area contributed by atoms with Crippen molar-refractivity contribution in [1.29, 1.82) is 0 Å². The molecule has 112 valence electrons. The van der Waals surface area contributed by atoms with Gasteiger partial charge in [0.15, 0.2) is 0 Å². The van der Waals surface area contributed by atoms with Crippen molar-refractivity contribution in [2.75, 3.05) is 0 Å². The Bertz CT molecular complexity index is 408. The molecule has 0 unspecified atom stereocenters. The van der Waals surface area contributed by atoms with Crippen molar-refractivity contribution in [2.45, 2.75) is 70.6 Å². The minimum absolute atomic E-state index is 0.0716. The van der Waals surface area contributed by atoms with Gasteiger partial charge >= 0.3 is 0 Å². The maximum Gasteiger partial charge on any atom is 0.255 e. The van der Waals surface area contributed by atoms with E-state index < -0.39 is 11.8 Å². The number of aryl methyl sites for hydroxylation is 1. The Labute approximate surface area is 121 Å². The molecule has 20 heavy (non-hydrogen) atoms. The fraction of sp³-hybridized carbons (Fsp3) is 0.667. The van der Waals surface area contributed by atoms with Crippen LogP contribution in [-0.2, 0) is 6.42 Å². The molecule has 2 rings (SSSR count). The minimum atomic E-state index is -2.54. The van der Waals surface area contributed by atoms with Crippen LogP contribution in [0.15, 0.2) is 24.3 Å². The van der Waals surface area contributed by atoms with Gasteiger partial charge in [0.05, 0.1) is 0 Å². The van der Waals surface area contributed by atoms with E-state index in [2.05, 4.69) is 13.8 Å². The molecule has 0 nitrogen and oxygen atoms in total. The van der Waals surface area contributed by atoms with Crippen LogP contribution in [0.3, 0.4) is 0 Å². The summed E-state index contributed by atoms with van der Waals surface area (Å²) in [5.74, 6) is -2.90. The van der Waals surface area contributed by atoms with Gasteiger partial charge in [0.2, 0.25) is 0 Å². The molecular weight excluding hydrogens is 254 g/mol. The van der Waals surface area contributed by atoms with Crippen molar-refractivity contribution in [2.24, 2.45) is 5.92 Å². The van der Waals surface area contributed by atoms with Gasteiger partial charge in [-0.1, -0.05) is 57.4 Å². The van der Waals surface area contributed by atoms with E-state index in [-0.39, 0.29) is 12.3 Å². The number of hydrogen-bond acceptors (Lipinski definition) is 0. The minimum Gasteiger partial charge on any atom is -0.206 e. The van der Waals surface area contributed by atoms with Crippen molar-refractivity contribution in [3.05, 3.63) is 35.4 Å². The number of benzene rings is 1. The van der Waals surface area contributed by atoms with Crippen LogP contribution in [0.5, 0.6) is 0 Å². The zero-order chi connectivity index (χ0) is 14.6. The standard InChI is InChI=1S/C18H26F2/c1-3-5-14-7-10-16(11-8-14)17-12-9-15(6-4-2)13-18(17,19)20/h7-8,10-11,15,17H,3-6,9,12-13H2,1-2H3/t15-,17+/m0/s1. The second-order valence-electron chi connectivity index (χ2n) is 6.24. The fourth-order valence-electron chi connectivity index (χ4n) is 3.51. The van der Waals surface area contributed by atoms with Gasteiger partial charge in [0.1, 0.15) is 0 Å². The molecule has 0 bridgehead atoms. The second-order valence-corrected chi connectivity index (χ2v) is 6.24. The average Bonchev–Trinajstić information content (AvgIpc) is 2.40. The number of rotatable bonds is 5. The molecule has 0 radical (unpaired) electrons. The van der Waals surface area contributed by atoms with Crippen LogP contribution < -0.4 is 0 Å². The highest BCUT2D eigenvalue weighted by Crippen LogP contribution is 2.47. The summed E-state index contributed by atoms with van der Waals surface area (Å²) < 4.78 is 28.8. The molecule has 0 heterocycles.